The smallest absolute Gasteiger partial charge is 0.276 e. The summed E-state index contributed by atoms with van der Waals surface area (Å²) in [6.45, 7) is 6.05. The van der Waals surface area contributed by atoms with Crippen LogP contribution in [0.15, 0.2) is 42.7 Å². The van der Waals surface area contributed by atoms with Gasteiger partial charge >= 0.3 is 0 Å². The van der Waals surface area contributed by atoms with Gasteiger partial charge in [0.25, 0.3) is 5.91 Å². The van der Waals surface area contributed by atoms with E-state index in [-0.39, 0.29) is 17.7 Å². The molecule has 2 fully saturated rings. The molecule has 2 aromatic heterocycles. The molecule has 1 amide bonds. The van der Waals surface area contributed by atoms with E-state index in [1.54, 1.807) is 18.5 Å². The van der Waals surface area contributed by atoms with Crippen LogP contribution in [0.1, 0.15) is 17.4 Å². The maximum atomic E-state index is 13.3. The number of nitrogens with two attached hydrogens (primary N) is 2. The van der Waals surface area contributed by atoms with Crippen LogP contribution in [0.3, 0.4) is 0 Å². The largest absolute Gasteiger partial charge is 0.397 e. The summed E-state index contributed by atoms with van der Waals surface area (Å²) in [5, 5.41) is 14.0. The van der Waals surface area contributed by atoms with Crippen molar-refractivity contribution in [3.8, 4) is 0 Å². The molecule has 0 saturated carbocycles. The number of amides is 1. The minimum absolute atomic E-state index is 0.00562. The minimum Gasteiger partial charge on any atom is -0.397 e. The number of carbonyl (C=O) groups excluding carboxylic acids is 1. The van der Waals surface area contributed by atoms with Crippen LogP contribution in [-0.4, -0.2) is 72.5 Å². The molecule has 2 aliphatic rings. The molecule has 0 spiro atoms. The molecule has 2 aliphatic heterocycles. The number of piperidine rings is 1. The lowest BCUT2D eigenvalue weighted by Gasteiger charge is -2.40. The molecule has 4 heterocycles. The molecule has 0 aliphatic carbocycles. The van der Waals surface area contributed by atoms with Gasteiger partial charge in [0.1, 0.15) is 0 Å². The number of fused-ring (bicyclic) bond motifs is 1. The number of carbonyl (C=O) groups is 1. The van der Waals surface area contributed by atoms with Gasteiger partial charge in [-0.1, -0.05) is 13.0 Å². The molecule has 3 unspecified atom stereocenters. The van der Waals surface area contributed by atoms with Crippen LogP contribution >= 0.6 is 0 Å². The van der Waals surface area contributed by atoms with Gasteiger partial charge in [-0.05, 0) is 24.3 Å². The molecule has 2 saturated heterocycles. The van der Waals surface area contributed by atoms with Gasteiger partial charge in [0.05, 0.1) is 48.1 Å². The summed E-state index contributed by atoms with van der Waals surface area (Å²) in [5.41, 5.74) is 15.9. The van der Waals surface area contributed by atoms with Gasteiger partial charge in [0.2, 0.25) is 0 Å². The Kier molecular flexibility index (Phi) is 6.42. The monoisotopic (exact) mass is 477 g/mol. The number of pyridine rings is 2. The fourth-order valence-electron chi connectivity index (χ4n) is 4.82. The third-order valence-corrected chi connectivity index (χ3v) is 6.77. The molecule has 1 aromatic carbocycles. The van der Waals surface area contributed by atoms with E-state index >= 15 is 0 Å². The predicted molar refractivity (Wildman–Crippen MR) is 137 cm³/mol. The molecule has 3 atom stereocenters. The number of ether oxygens (including phenoxy) is 1. The van der Waals surface area contributed by atoms with Crippen molar-refractivity contribution in [1.82, 2.24) is 9.97 Å². The van der Waals surface area contributed by atoms with Crippen LogP contribution in [-0.2, 0) is 4.74 Å². The van der Waals surface area contributed by atoms with Crippen molar-refractivity contribution in [2.75, 3.05) is 60.2 Å². The summed E-state index contributed by atoms with van der Waals surface area (Å²) in [5.74, 6) is -0.418. The first kappa shape index (κ1) is 23.3. The number of aliphatic hydroxyl groups excluding tert-OH is 1. The highest BCUT2D eigenvalue weighted by atomic mass is 16.5. The van der Waals surface area contributed by atoms with Crippen molar-refractivity contribution in [1.29, 1.82) is 0 Å². The van der Waals surface area contributed by atoms with Crippen LogP contribution in [0.25, 0.3) is 10.9 Å². The lowest BCUT2D eigenvalue weighted by atomic mass is 9.92. The molecular weight excluding hydrogens is 446 g/mol. The normalized spacial score (nSPS) is 22.9. The molecule has 0 bridgehead atoms. The second kappa shape index (κ2) is 9.65. The molecule has 10 heteroatoms. The summed E-state index contributed by atoms with van der Waals surface area (Å²) in [4.78, 5) is 26.4. The Morgan fingerprint density at radius 1 is 1.17 bits per heavy atom. The van der Waals surface area contributed by atoms with Crippen molar-refractivity contribution in [3.63, 3.8) is 0 Å². The lowest BCUT2D eigenvalue weighted by Crippen LogP contribution is -2.55. The predicted octanol–water partition coefficient (Wildman–Crippen LogP) is 1.45. The van der Waals surface area contributed by atoms with Crippen LogP contribution in [0.4, 0.5) is 22.7 Å². The number of nitrogens with one attached hydrogen (secondary N) is 1. The number of aromatic nitrogens is 2. The highest BCUT2D eigenvalue weighted by Crippen LogP contribution is 2.30. The lowest BCUT2D eigenvalue weighted by molar-refractivity contribution is 0.0785. The maximum absolute atomic E-state index is 13.3. The second-order valence-corrected chi connectivity index (χ2v) is 9.29. The fourth-order valence-corrected chi connectivity index (χ4v) is 4.82. The minimum atomic E-state index is -0.560. The summed E-state index contributed by atoms with van der Waals surface area (Å²) < 4.78 is 5.45. The Morgan fingerprint density at radius 3 is 2.74 bits per heavy atom. The summed E-state index contributed by atoms with van der Waals surface area (Å²) in [6, 6.07) is 9.22. The number of nitrogens with zero attached hydrogens (tertiary/aromatic N) is 4. The molecule has 6 N–H and O–H groups in total. The number of aliphatic hydroxyl groups is 1. The number of hydrogen-bond acceptors (Lipinski definition) is 9. The first-order valence-corrected chi connectivity index (χ1v) is 11.9. The SMILES string of the molecule is CC1CN(c2ccncc2NC(=O)c2nc3cc(N4CCOCC4)ccc3cc2N)CC(N)C1O. The molecule has 5 rings (SSSR count). The number of benzene rings is 1. The Bertz CT molecular complexity index is 1220. The Morgan fingerprint density at radius 2 is 1.97 bits per heavy atom. The molecule has 10 nitrogen and oxygen atoms in total. The quantitative estimate of drug-likeness (QED) is 0.439. The maximum Gasteiger partial charge on any atom is 0.276 e. The third kappa shape index (κ3) is 4.72. The number of anilines is 4. The van der Waals surface area contributed by atoms with Crippen molar-refractivity contribution >= 4 is 39.6 Å². The summed E-state index contributed by atoms with van der Waals surface area (Å²) in [7, 11) is 0. The van der Waals surface area contributed by atoms with E-state index < -0.39 is 12.0 Å². The van der Waals surface area contributed by atoms with E-state index in [1.807, 2.05) is 31.2 Å². The molecule has 35 heavy (non-hydrogen) atoms. The Hall–Kier alpha value is -3.47. The fraction of sp³-hybridized carbons (Fsp3) is 0.400. The molecule has 184 valence electrons. The van der Waals surface area contributed by atoms with Crippen molar-refractivity contribution in [3.05, 3.63) is 48.4 Å². The summed E-state index contributed by atoms with van der Waals surface area (Å²) in [6.07, 6.45) is 2.71. The van der Waals surface area contributed by atoms with E-state index in [2.05, 4.69) is 25.1 Å². The zero-order valence-corrected chi connectivity index (χ0v) is 19.7. The van der Waals surface area contributed by atoms with Gasteiger partial charge in [0.15, 0.2) is 5.69 Å². The van der Waals surface area contributed by atoms with Crippen LogP contribution in [0.5, 0.6) is 0 Å². The van der Waals surface area contributed by atoms with E-state index in [4.69, 9.17) is 16.2 Å². The van der Waals surface area contributed by atoms with Crippen LogP contribution < -0.4 is 26.6 Å². The first-order valence-electron chi connectivity index (χ1n) is 11.9. The van der Waals surface area contributed by atoms with Gasteiger partial charge in [0, 0.05) is 55.4 Å². The summed E-state index contributed by atoms with van der Waals surface area (Å²) >= 11 is 0. The van der Waals surface area contributed by atoms with Gasteiger partial charge in [-0.3, -0.25) is 9.78 Å². The average molecular weight is 478 g/mol. The third-order valence-electron chi connectivity index (χ3n) is 6.77. The van der Waals surface area contributed by atoms with Crippen molar-refractivity contribution in [2.45, 2.75) is 19.1 Å². The topological polar surface area (TPSA) is 143 Å². The van der Waals surface area contributed by atoms with E-state index in [0.29, 0.717) is 43.2 Å². The molecule has 3 aromatic rings. The number of morpholine rings is 1. The number of hydrogen-bond donors (Lipinski definition) is 4. The molecule has 0 radical (unpaired) electrons. The Balaban J connectivity index is 1.41. The highest BCUT2D eigenvalue weighted by Gasteiger charge is 2.32. The zero-order chi connectivity index (χ0) is 24.5. The van der Waals surface area contributed by atoms with E-state index in [9.17, 15) is 9.90 Å². The standard InChI is InChI=1S/C25H31N7O3/c1-15-13-32(14-19(27)24(15)33)22-4-5-28-12-21(22)30-25(34)23-18(26)10-16-2-3-17(11-20(16)29-23)31-6-8-35-9-7-31/h2-5,10-12,15,19,24,33H,6-9,13-14,26-27H2,1H3,(H,30,34). The van der Waals surface area contributed by atoms with Gasteiger partial charge < -0.3 is 36.4 Å². The Labute approximate surface area is 203 Å². The highest BCUT2D eigenvalue weighted by molar-refractivity contribution is 6.09. The van der Waals surface area contributed by atoms with Gasteiger partial charge in [-0.15, -0.1) is 0 Å². The number of nitrogen functional groups attached to an aromatic ring is 1. The van der Waals surface area contributed by atoms with Crippen LogP contribution in [0, 0.1) is 5.92 Å². The van der Waals surface area contributed by atoms with Gasteiger partial charge in [-0.2, -0.15) is 0 Å². The number of rotatable bonds is 4. The van der Waals surface area contributed by atoms with E-state index in [0.717, 1.165) is 29.9 Å². The molecular formula is C25H31N7O3. The van der Waals surface area contributed by atoms with Crippen molar-refractivity contribution < 1.29 is 14.6 Å². The first-order chi connectivity index (χ1) is 16.9. The zero-order valence-electron chi connectivity index (χ0n) is 19.7. The van der Waals surface area contributed by atoms with E-state index in [1.165, 1.54) is 0 Å². The van der Waals surface area contributed by atoms with Crippen LogP contribution in [0.2, 0.25) is 0 Å². The van der Waals surface area contributed by atoms with Crippen molar-refractivity contribution in [2.24, 2.45) is 11.7 Å². The van der Waals surface area contributed by atoms with Gasteiger partial charge in [-0.25, -0.2) is 4.98 Å². The average Bonchev–Trinajstić information content (AvgIpc) is 2.87. The second-order valence-electron chi connectivity index (χ2n) is 9.29.